The molecule has 0 spiro atoms. The maximum Gasteiger partial charge on any atom is 0.393 e. The number of aliphatic carboxylic acids is 4. The Labute approximate surface area is 162 Å². The average Bonchev–Trinajstić information content (AvgIpc) is 3.41. The van der Waals surface area contributed by atoms with Crippen molar-refractivity contribution >= 4 is 23.9 Å². The van der Waals surface area contributed by atoms with E-state index < -0.39 is 83.8 Å². The molecule has 8 atom stereocenters. The van der Waals surface area contributed by atoms with E-state index in [1.54, 1.807) is 0 Å². The van der Waals surface area contributed by atoms with Gasteiger partial charge in [0.15, 0.2) is 0 Å². The van der Waals surface area contributed by atoms with E-state index in [4.69, 9.17) is 31.9 Å². The summed E-state index contributed by atoms with van der Waals surface area (Å²) in [6.07, 6.45) is -9.44. The fourth-order valence-electron chi connectivity index (χ4n) is 3.37. The number of carboxylic acid groups (broad SMARTS) is 4. The summed E-state index contributed by atoms with van der Waals surface area (Å²) in [4.78, 5) is 41.5. The summed E-state index contributed by atoms with van der Waals surface area (Å²) in [5, 5.41) is 33.7. The highest BCUT2D eigenvalue weighted by Gasteiger charge is 2.71. The van der Waals surface area contributed by atoms with E-state index in [0.717, 1.165) is 0 Å². The van der Waals surface area contributed by atoms with E-state index in [1.807, 2.05) is 0 Å². The van der Waals surface area contributed by atoms with Crippen molar-refractivity contribution in [2.75, 3.05) is 0 Å². The van der Waals surface area contributed by atoms with Crippen LogP contribution in [0.15, 0.2) is 0 Å². The zero-order valence-corrected chi connectivity index (χ0v) is 14.5. The first kappa shape index (κ1) is 25.4. The lowest BCUT2D eigenvalue weighted by Crippen LogP contribution is -2.35. The van der Waals surface area contributed by atoms with E-state index in [0.29, 0.717) is 0 Å². The normalized spacial score (nSPS) is 32.1. The molecule has 0 heterocycles. The number of carbonyl (C=O) groups is 4. The van der Waals surface area contributed by atoms with E-state index in [-0.39, 0.29) is 0 Å². The highest BCUT2D eigenvalue weighted by molar-refractivity contribution is 5.81. The Morgan fingerprint density at radius 1 is 0.633 bits per heavy atom. The molecular formula is C14H16F6N2O8. The van der Waals surface area contributed by atoms with Crippen molar-refractivity contribution in [3.05, 3.63) is 0 Å². The molecule has 0 unspecified atom stereocenters. The monoisotopic (exact) mass is 454 g/mol. The summed E-state index contributed by atoms with van der Waals surface area (Å²) in [6, 6.07) is -3.59. The molecule has 2 rings (SSSR count). The summed E-state index contributed by atoms with van der Waals surface area (Å²) in [7, 11) is 0. The molecule has 2 aliphatic carbocycles. The lowest BCUT2D eigenvalue weighted by atomic mass is 10.1. The van der Waals surface area contributed by atoms with Gasteiger partial charge in [-0.3, -0.25) is 19.2 Å². The van der Waals surface area contributed by atoms with Gasteiger partial charge in [-0.1, -0.05) is 0 Å². The molecule has 2 fully saturated rings. The molecule has 0 aromatic carbocycles. The van der Waals surface area contributed by atoms with Crippen molar-refractivity contribution in [2.45, 2.75) is 24.4 Å². The minimum atomic E-state index is -4.72. The molecule has 2 saturated carbocycles. The number of nitrogens with two attached hydrogens (primary N) is 2. The van der Waals surface area contributed by atoms with Crippen LogP contribution in [0.4, 0.5) is 26.3 Å². The topological polar surface area (TPSA) is 201 Å². The zero-order valence-electron chi connectivity index (χ0n) is 14.5. The molecule has 2 aliphatic rings. The maximum atomic E-state index is 12.2. The number of halogens is 6. The van der Waals surface area contributed by atoms with Crippen LogP contribution in [0.2, 0.25) is 0 Å². The van der Waals surface area contributed by atoms with Crippen LogP contribution < -0.4 is 11.5 Å². The smallest absolute Gasteiger partial charge is 0.393 e. The van der Waals surface area contributed by atoms with E-state index in [2.05, 4.69) is 0 Å². The first-order valence-electron chi connectivity index (χ1n) is 7.91. The molecule has 0 aliphatic heterocycles. The van der Waals surface area contributed by atoms with Gasteiger partial charge in [-0.05, 0) is 0 Å². The van der Waals surface area contributed by atoms with Crippen LogP contribution in [0, 0.1) is 35.5 Å². The minimum Gasteiger partial charge on any atom is -0.481 e. The van der Waals surface area contributed by atoms with Gasteiger partial charge < -0.3 is 31.9 Å². The highest BCUT2D eigenvalue weighted by Crippen LogP contribution is 2.57. The largest absolute Gasteiger partial charge is 0.481 e. The number of rotatable bonds is 6. The Morgan fingerprint density at radius 2 is 0.867 bits per heavy atom. The number of hydrogen-bond acceptors (Lipinski definition) is 6. The number of alkyl halides is 6. The van der Waals surface area contributed by atoms with Gasteiger partial charge in [0.05, 0.1) is 23.7 Å². The second kappa shape index (κ2) is 8.25. The summed E-state index contributed by atoms with van der Waals surface area (Å²) in [6.45, 7) is 0. The summed E-state index contributed by atoms with van der Waals surface area (Å²) in [5.41, 5.74) is 9.95. The predicted molar refractivity (Wildman–Crippen MR) is 79.5 cm³/mol. The van der Waals surface area contributed by atoms with Gasteiger partial charge in [0, 0.05) is 11.8 Å². The molecular weight excluding hydrogens is 438 g/mol. The fraction of sp³-hybridized carbons (Fsp3) is 0.714. The average molecular weight is 454 g/mol. The van der Waals surface area contributed by atoms with Crippen molar-refractivity contribution < 1.29 is 65.9 Å². The van der Waals surface area contributed by atoms with Crippen LogP contribution in [0.3, 0.4) is 0 Å². The third-order valence-corrected chi connectivity index (χ3v) is 4.88. The second-order valence-electron chi connectivity index (χ2n) is 6.75. The molecule has 0 radical (unpaired) electrons. The fourth-order valence-corrected chi connectivity index (χ4v) is 3.37. The Kier molecular flexibility index (Phi) is 6.99. The second-order valence-corrected chi connectivity index (χ2v) is 6.75. The quantitative estimate of drug-likeness (QED) is 0.292. The summed E-state index contributed by atoms with van der Waals surface area (Å²) < 4.78 is 73.3. The molecule has 0 aromatic heterocycles. The van der Waals surface area contributed by atoms with E-state index in [1.165, 1.54) is 0 Å². The molecule has 172 valence electrons. The standard InChI is InChI=1S/2C7H8F3NO4/c2*8-7(9,10)3-1(2(3)5(12)13)4(11)6(14)15/h2*1-4H,11H2,(H,12,13)(H,14,15)/t1-,2-,3-,4+;1-,2-,3-,4-/m10/s1. The lowest BCUT2D eigenvalue weighted by Gasteiger charge is -2.07. The summed E-state index contributed by atoms with van der Waals surface area (Å²) in [5.74, 6) is -17.5. The SMILES string of the molecule is N[C@H](C(=O)O)[C@@H]1[C@@H](C(=O)O)[C@@H]1C(F)(F)F.N[C@H](C(=O)O)[C@H]1[C@H](C(=O)O)[C@H]1C(F)(F)F. The first-order valence-corrected chi connectivity index (χ1v) is 7.91. The van der Waals surface area contributed by atoms with Crippen LogP contribution in [0.25, 0.3) is 0 Å². The molecule has 0 saturated heterocycles. The van der Waals surface area contributed by atoms with E-state index >= 15 is 0 Å². The van der Waals surface area contributed by atoms with Crippen molar-refractivity contribution in [3.8, 4) is 0 Å². The molecule has 10 nitrogen and oxygen atoms in total. The van der Waals surface area contributed by atoms with Crippen molar-refractivity contribution in [1.29, 1.82) is 0 Å². The maximum absolute atomic E-state index is 12.2. The van der Waals surface area contributed by atoms with Gasteiger partial charge in [0.1, 0.15) is 12.1 Å². The van der Waals surface area contributed by atoms with Crippen LogP contribution in [-0.2, 0) is 19.2 Å². The predicted octanol–water partition coefficient (Wildman–Crippen LogP) is -0.185. The highest BCUT2D eigenvalue weighted by atomic mass is 19.4. The van der Waals surface area contributed by atoms with E-state index in [9.17, 15) is 45.5 Å². The van der Waals surface area contributed by atoms with Crippen molar-refractivity contribution in [2.24, 2.45) is 47.0 Å². The molecule has 0 amide bonds. The van der Waals surface area contributed by atoms with Crippen LogP contribution >= 0.6 is 0 Å². The molecule has 0 aromatic rings. The van der Waals surface area contributed by atoms with Crippen LogP contribution in [-0.4, -0.2) is 68.7 Å². The number of hydrogen-bond donors (Lipinski definition) is 6. The van der Waals surface area contributed by atoms with Gasteiger partial charge in [-0.25, -0.2) is 0 Å². The minimum absolute atomic E-state index is 1.57. The van der Waals surface area contributed by atoms with Gasteiger partial charge in [0.25, 0.3) is 0 Å². The zero-order chi connectivity index (χ0) is 23.9. The molecule has 8 N–H and O–H groups in total. The summed E-state index contributed by atoms with van der Waals surface area (Å²) >= 11 is 0. The third-order valence-electron chi connectivity index (χ3n) is 4.88. The Bertz CT molecular complexity index is 666. The van der Waals surface area contributed by atoms with Gasteiger partial charge in [-0.15, -0.1) is 0 Å². The van der Waals surface area contributed by atoms with Crippen molar-refractivity contribution in [1.82, 2.24) is 0 Å². The Hall–Kier alpha value is -2.62. The van der Waals surface area contributed by atoms with Gasteiger partial charge >= 0.3 is 36.2 Å². The molecule has 0 bridgehead atoms. The Morgan fingerprint density at radius 3 is 0.967 bits per heavy atom. The van der Waals surface area contributed by atoms with Crippen LogP contribution in [0.5, 0.6) is 0 Å². The van der Waals surface area contributed by atoms with Crippen LogP contribution in [0.1, 0.15) is 0 Å². The first-order chi connectivity index (χ1) is 13.4. The molecule has 16 heteroatoms. The third kappa shape index (κ3) is 5.29. The van der Waals surface area contributed by atoms with Gasteiger partial charge in [-0.2, -0.15) is 26.3 Å². The lowest BCUT2D eigenvalue weighted by molar-refractivity contribution is -0.162. The molecule has 30 heavy (non-hydrogen) atoms. The number of carboxylic acids is 4. The van der Waals surface area contributed by atoms with Crippen molar-refractivity contribution in [3.63, 3.8) is 0 Å². The van der Waals surface area contributed by atoms with Gasteiger partial charge in [0.2, 0.25) is 0 Å². The Balaban J connectivity index is 0.000000300.